The molecule has 0 saturated heterocycles. The number of rotatable bonds is 4. The zero-order chi connectivity index (χ0) is 13.9. The zero-order valence-electron chi connectivity index (χ0n) is 10.5. The maximum atomic E-state index is 11.3. The summed E-state index contributed by atoms with van der Waals surface area (Å²) in [5.41, 5.74) is 6.53. The molecule has 0 amide bonds. The van der Waals surface area contributed by atoms with Crippen molar-refractivity contribution in [3.63, 3.8) is 0 Å². The molecule has 0 radical (unpaired) electrons. The van der Waals surface area contributed by atoms with E-state index in [2.05, 4.69) is 0 Å². The summed E-state index contributed by atoms with van der Waals surface area (Å²) in [6, 6.07) is 13.8. The summed E-state index contributed by atoms with van der Waals surface area (Å²) in [7, 11) is -3.18. The lowest BCUT2D eigenvalue weighted by Crippen LogP contribution is -1.97. The van der Waals surface area contributed by atoms with Crippen LogP contribution in [0.15, 0.2) is 53.4 Å². The van der Waals surface area contributed by atoms with Crippen molar-refractivity contribution in [2.45, 2.75) is 11.4 Å². The highest BCUT2D eigenvalue weighted by atomic mass is 32.2. The summed E-state index contributed by atoms with van der Waals surface area (Å²) < 4.78 is 28.3. The second-order valence-electron chi connectivity index (χ2n) is 4.20. The van der Waals surface area contributed by atoms with Gasteiger partial charge in [-0.3, -0.25) is 0 Å². The largest absolute Gasteiger partial charge is 0.457 e. The third-order valence-electron chi connectivity index (χ3n) is 2.62. The number of hydrogen-bond donors (Lipinski definition) is 1. The minimum atomic E-state index is -3.18. The summed E-state index contributed by atoms with van der Waals surface area (Å²) >= 11 is 0. The minimum Gasteiger partial charge on any atom is -0.457 e. The van der Waals surface area contributed by atoms with Gasteiger partial charge in [-0.15, -0.1) is 0 Å². The van der Waals surface area contributed by atoms with Crippen LogP contribution in [-0.2, 0) is 16.4 Å². The molecule has 2 aromatic rings. The van der Waals surface area contributed by atoms with Crippen LogP contribution >= 0.6 is 0 Å². The van der Waals surface area contributed by atoms with Gasteiger partial charge in [-0.1, -0.05) is 12.1 Å². The van der Waals surface area contributed by atoms with Crippen LogP contribution in [-0.4, -0.2) is 14.7 Å². The molecular weight excluding hydrogens is 262 g/mol. The smallest absolute Gasteiger partial charge is 0.175 e. The van der Waals surface area contributed by atoms with Crippen LogP contribution in [0.4, 0.5) is 0 Å². The van der Waals surface area contributed by atoms with Gasteiger partial charge in [0.05, 0.1) is 4.90 Å². The Morgan fingerprint density at radius 2 is 1.74 bits per heavy atom. The first-order valence-electron chi connectivity index (χ1n) is 5.76. The molecule has 0 fully saturated rings. The molecule has 2 aromatic carbocycles. The van der Waals surface area contributed by atoms with Crippen molar-refractivity contribution in [3.8, 4) is 11.5 Å². The van der Waals surface area contributed by atoms with E-state index >= 15 is 0 Å². The van der Waals surface area contributed by atoms with E-state index in [4.69, 9.17) is 10.5 Å². The van der Waals surface area contributed by atoms with Crippen LogP contribution in [0, 0.1) is 0 Å². The topological polar surface area (TPSA) is 69.4 Å². The fraction of sp³-hybridized carbons (Fsp3) is 0.143. The van der Waals surface area contributed by atoms with Gasteiger partial charge in [0.25, 0.3) is 0 Å². The summed E-state index contributed by atoms with van der Waals surface area (Å²) in [4.78, 5) is 0.274. The van der Waals surface area contributed by atoms with E-state index in [0.29, 0.717) is 18.0 Å². The van der Waals surface area contributed by atoms with Gasteiger partial charge in [0, 0.05) is 12.8 Å². The van der Waals surface area contributed by atoms with Gasteiger partial charge in [0.1, 0.15) is 11.5 Å². The maximum absolute atomic E-state index is 11.3. The van der Waals surface area contributed by atoms with Crippen molar-refractivity contribution < 1.29 is 13.2 Å². The average Bonchev–Trinajstić information content (AvgIpc) is 2.38. The van der Waals surface area contributed by atoms with Gasteiger partial charge in [0.2, 0.25) is 0 Å². The van der Waals surface area contributed by atoms with Crippen molar-refractivity contribution in [2.24, 2.45) is 5.73 Å². The standard InChI is InChI=1S/C14H15NO3S/c1-19(16,17)14-7-5-12(6-8-14)18-13-4-2-3-11(9-13)10-15/h2-9H,10,15H2,1H3. The third-order valence-corrected chi connectivity index (χ3v) is 3.75. The van der Waals surface area contributed by atoms with Gasteiger partial charge in [0.15, 0.2) is 9.84 Å². The zero-order valence-corrected chi connectivity index (χ0v) is 11.4. The Morgan fingerprint density at radius 1 is 1.05 bits per heavy atom. The molecule has 19 heavy (non-hydrogen) atoms. The summed E-state index contributed by atoms with van der Waals surface area (Å²) in [5.74, 6) is 1.26. The lowest BCUT2D eigenvalue weighted by Gasteiger charge is -2.07. The van der Waals surface area contributed by atoms with Crippen LogP contribution in [0.2, 0.25) is 0 Å². The average molecular weight is 277 g/mol. The first kappa shape index (κ1) is 13.6. The highest BCUT2D eigenvalue weighted by Crippen LogP contribution is 2.23. The van der Waals surface area contributed by atoms with Gasteiger partial charge < -0.3 is 10.5 Å². The SMILES string of the molecule is CS(=O)(=O)c1ccc(Oc2cccc(CN)c2)cc1. The Hall–Kier alpha value is -1.85. The molecule has 0 spiro atoms. The molecule has 0 heterocycles. The van der Waals surface area contributed by atoms with Crippen molar-refractivity contribution >= 4 is 9.84 Å². The highest BCUT2D eigenvalue weighted by Gasteiger charge is 2.06. The van der Waals surface area contributed by atoms with Crippen molar-refractivity contribution in [1.82, 2.24) is 0 Å². The first-order chi connectivity index (χ1) is 8.99. The van der Waals surface area contributed by atoms with E-state index in [9.17, 15) is 8.42 Å². The maximum Gasteiger partial charge on any atom is 0.175 e. The molecule has 2 rings (SSSR count). The van der Waals surface area contributed by atoms with Crippen LogP contribution in [0.5, 0.6) is 11.5 Å². The lowest BCUT2D eigenvalue weighted by molar-refractivity contribution is 0.481. The Morgan fingerprint density at radius 3 is 2.32 bits per heavy atom. The fourth-order valence-electron chi connectivity index (χ4n) is 1.63. The first-order valence-corrected chi connectivity index (χ1v) is 7.65. The van der Waals surface area contributed by atoms with Gasteiger partial charge >= 0.3 is 0 Å². The van der Waals surface area contributed by atoms with Crippen molar-refractivity contribution in [3.05, 3.63) is 54.1 Å². The van der Waals surface area contributed by atoms with Crippen molar-refractivity contribution in [1.29, 1.82) is 0 Å². The molecule has 5 heteroatoms. The molecule has 0 atom stereocenters. The highest BCUT2D eigenvalue weighted by molar-refractivity contribution is 7.90. The van der Waals surface area contributed by atoms with Gasteiger partial charge in [-0.2, -0.15) is 0 Å². The molecule has 0 aromatic heterocycles. The number of hydrogen-bond acceptors (Lipinski definition) is 4. The third kappa shape index (κ3) is 3.56. The minimum absolute atomic E-state index is 0.274. The molecule has 4 nitrogen and oxygen atoms in total. The number of ether oxygens (including phenoxy) is 1. The fourth-order valence-corrected chi connectivity index (χ4v) is 2.26. The Bertz CT molecular complexity index is 663. The molecule has 2 N–H and O–H groups in total. The molecule has 0 aliphatic heterocycles. The van der Waals surface area contributed by atoms with Crippen LogP contribution in [0.3, 0.4) is 0 Å². The van der Waals surface area contributed by atoms with Gasteiger partial charge in [-0.25, -0.2) is 8.42 Å². The van der Waals surface area contributed by atoms with Gasteiger partial charge in [-0.05, 0) is 42.0 Å². The van der Waals surface area contributed by atoms with Crippen LogP contribution in [0.25, 0.3) is 0 Å². The number of sulfone groups is 1. The monoisotopic (exact) mass is 277 g/mol. The van der Waals surface area contributed by atoms with Crippen molar-refractivity contribution in [2.75, 3.05) is 6.26 Å². The quantitative estimate of drug-likeness (QED) is 0.931. The number of nitrogens with two attached hydrogens (primary N) is 1. The molecule has 0 unspecified atom stereocenters. The van der Waals surface area contributed by atoms with Crippen LogP contribution in [0.1, 0.15) is 5.56 Å². The lowest BCUT2D eigenvalue weighted by atomic mass is 10.2. The summed E-state index contributed by atoms with van der Waals surface area (Å²) in [6.45, 7) is 0.449. The Kier molecular flexibility index (Phi) is 3.87. The van der Waals surface area contributed by atoms with Crippen LogP contribution < -0.4 is 10.5 Å². The molecule has 0 aliphatic carbocycles. The molecule has 100 valence electrons. The second-order valence-corrected chi connectivity index (χ2v) is 6.21. The van der Waals surface area contributed by atoms with E-state index in [1.165, 1.54) is 18.4 Å². The summed E-state index contributed by atoms with van der Waals surface area (Å²) in [6.07, 6.45) is 1.17. The van der Waals surface area contributed by atoms with E-state index in [0.717, 1.165) is 5.56 Å². The Balaban J connectivity index is 2.19. The van der Waals surface area contributed by atoms with E-state index < -0.39 is 9.84 Å². The normalized spacial score (nSPS) is 11.3. The molecule has 0 saturated carbocycles. The van der Waals surface area contributed by atoms with E-state index in [1.54, 1.807) is 12.1 Å². The number of benzene rings is 2. The molecular formula is C14H15NO3S. The predicted octanol–water partition coefficient (Wildman–Crippen LogP) is 2.34. The molecule has 0 aliphatic rings. The second kappa shape index (κ2) is 5.42. The predicted molar refractivity (Wildman–Crippen MR) is 74.0 cm³/mol. The molecule has 0 bridgehead atoms. The Labute approximate surface area is 112 Å². The van der Waals surface area contributed by atoms with E-state index in [-0.39, 0.29) is 4.90 Å². The summed E-state index contributed by atoms with van der Waals surface area (Å²) in [5, 5.41) is 0. The van der Waals surface area contributed by atoms with E-state index in [1.807, 2.05) is 24.3 Å².